The molecule has 0 heterocycles. The van der Waals surface area contributed by atoms with E-state index < -0.39 is 54.4 Å². The van der Waals surface area contributed by atoms with Crippen molar-refractivity contribution in [3.8, 4) is 11.5 Å². The van der Waals surface area contributed by atoms with E-state index >= 15 is 0 Å². The van der Waals surface area contributed by atoms with Crippen molar-refractivity contribution in [3.05, 3.63) is 131 Å². The number of hydrogen-bond acceptors (Lipinski definition) is 11. The zero-order chi connectivity index (χ0) is 37.3. The van der Waals surface area contributed by atoms with Gasteiger partial charge in [0.1, 0.15) is 31.9 Å². The van der Waals surface area contributed by atoms with Crippen molar-refractivity contribution in [2.45, 2.75) is 58.6 Å². The maximum atomic E-state index is 13.8. The van der Waals surface area contributed by atoms with Gasteiger partial charge >= 0.3 is 30.0 Å². The number of nitrogens with one attached hydrogen (secondary N) is 2. The van der Waals surface area contributed by atoms with Gasteiger partial charge in [-0.1, -0.05) is 97.1 Å². The number of ether oxygens (including phenoxy) is 5. The normalized spacial score (nSPS) is 11.6. The van der Waals surface area contributed by atoms with E-state index in [2.05, 4.69) is 10.6 Å². The van der Waals surface area contributed by atoms with Crippen molar-refractivity contribution >= 4 is 35.9 Å². The molecule has 0 saturated carbocycles. The minimum absolute atomic E-state index is 0.0361. The number of rotatable bonds is 16. The molecule has 4 rings (SSSR count). The maximum Gasteiger partial charge on any atom is 0.408 e. The topological polar surface area (TPSA) is 173 Å². The Kier molecular flexibility index (Phi) is 14.5. The van der Waals surface area contributed by atoms with E-state index in [1.54, 1.807) is 84.9 Å². The molecule has 13 nitrogen and oxygen atoms in total. The van der Waals surface area contributed by atoms with Crippen LogP contribution < -0.4 is 20.1 Å². The Morgan fingerprint density at radius 3 is 1.58 bits per heavy atom. The molecule has 0 aliphatic heterocycles. The van der Waals surface area contributed by atoms with Crippen LogP contribution in [-0.2, 0) is 64.4 Å². The molecule has 0 unspecified atom stereocenters. The summed E-state index contributed by atoms with van der Waals surface area (Å²) in [5.41, 5.74) is 2.46. The average Bonchev–Trinajstić information content (AvgIpc) is 3.13. The van der Waals surface area contributed by atoms with Gasteiger partial charge in [0.05, 0.1) is 6.42 Å². The number of benzene rings is 4. The number of amides is 2. The van der Waals surface area contributed by atoms with Crippen LogP contribution in [0.5, 0.6) is 11.5 Å². The molecular weight excluding hydrogens is 672 g/mol. The highest BCUT2D eigenvalue weighted by molar-refractivity contribution is 5.92. The van der Waals surface area contributed by atoms with E-state index in [0.29, 0.717) is 22.3 Å². The highest BCUT2D eigenvalue weighted by atomic mass is 16.6. The quantitative estimate of drug-likeness (QED) is 0.0935. The summed E-state index contributed by atoms with van der Waals surface area (Å²) in [7, 11) is 0. The number of carbonyl (C=O) groups excluding carboxylic acids is 6. The van der Waals surface area contributed by atoms with E-state index in [1.807, 2.05) is 6.07 Å². The van der Waals surface area contributed by atoms with Gasteiger partial charge in [-0.15, -0.1) is 0 Å². The van der Waals surface area contributed by atoms with Gasteiger partial charge in [0.2, 0.25) is 5.91 Å². The van der Waals surface area contributed by atoms with Crippen LogP contribution in [0, 0.1) is 0 Å². The summed E-state index contributed by atoms with van der Waals surface area (Å²) >= 11 is 0. The Labute approximate surface area is 300 Å². The molecule has 0 aliphatic rings. The zero-order valence-electron chi connectivity index (χ0n) is 28.6. The van der Waals surface area contributed by atoms with Crippen molar-refractivity contribution in [3.63, 3.8) is 0 Å². The molecule has 0 saturated heterocycles. The Hall–Kier alpha value is -6.50. The van der Waals surface area contributed by atoms with Crippen LogP contribution >= 0.6 is 0 Å². The first kappa shape index (κ1) is 38.3. The van der Waals surface area contributed by atoms with Crippen LogP contribution in [0.1, 0.15) is 42.5 Å². The number of carbonyl (C=O) groups is 6. The number of hydrogen-bond donors (Lipinski definition) is 2. The third-order valence-corrected chi connectivity index (χ3v) is 7.22. The largest absolute Gasteiger partial charge is 0.461 e. The Morgan fingerprint density at radius 1 is 0.538 bits per heavy atom. The second-order valence-corrected chi connectivity index (χ2v) is 11.4. The van der Waals surface area contributed by atoms with Crippen molar-refractivity contribution in [1.82, 2.24) is 10.6 Å². The molecule has 0 radical (unpaired) electrons. The lowest BCUT2D eigenvalue weighted by Gasteiger charge is -2.23. The standard InChI is InChI=1S/C39H38N2O11/c1-26(42)51-34-19-18-31(21-35(34)52-27(2)43)20-33(38(46)49-24-29-14-8-4-9-15-29)40-37(45)32(22-36(44)48-23-28-12-6-3-7-13-28)41-39(47)50-25-30-16-10-5-11-17-30/h3-19,21,32-33H,20,22-25H2,1-2H3,(H,40,45)(H,41,47)/t32-,33-/m0/s1. The minimum atomic E-state index is -1.53. The summed E-state index contributed by atoms with van der Waals surface area (Å²) in [4.78, 5) is 76.5. The highest BCUT2D eigenvalue weighted by Gasteiger charge is 2.31. The van der Waals surface area contributed by atoms with E-state index in [-0.39, 0.29) is 37.7 Å². The average molecular weight is 711 g/mol. The van der Waals surface area contributed by atoms with Crippen LogP contribution in [-0.4, -0.2) is 48.0 Å². The minimum Gasteiger partial charge on any atom is -0.461 e. The molecule has 13 heteroatoms. The lowest BCUT2D eigenvalue weighted by Crippen LogP contribution is -2.53. The first-order valence-corrected chi connectivity index (χ1v) is 16.2. The lowest BCUT2D eigenvalue weighted by atomic mass is 10.0. The summed E-state index contributed by atoms with van der Waals surface area (Å²) in [5, 5.41) is 4.99. The fourth-order valence-electron chi connectivity index (χ4n) is 4.76. The molecule has 2 N–H and O–H groups in total. The Balaban J connectivity index is 1.55. The van der Waals surface area contributed by atoms with Gasteiger partial charge in [0.15, 0.2) is 11.5 Å². The fourth-order valence-corrected chi connectivity index (χ4v) is 4.76. The van der Waals surface area contributed by atoms with Crippen molar-refractivity contribution < 1.29 is 52.5 Å². The molecule has 4 aromatic carbocycles. The third kappa shape index (κ3) is 13.1. The van der Waals surface area contributed by atoms with Gasteiger partial charge in [-0.25, -0.2) is 9.59 Å². The SMILES string of the molecule is CC(=O)Oc1ccc(C[C@H](NC(=O)[C@H](CC(=O)OCc2ccccc2)NC(=O)OCc2ccccc2)C(=O)OCc2ccccc2)cc1OC(C)=O. The molecule has 0 aromatic heterocycles. The fraction of sp³-hybridized carbons (Fsp3) is 0.231. The van der Waals surface area contributed by atoms with Crippen molar-refractivity contribution in [2.24, 2.45) is 0 Å². The van der Waals surface area contributed by atoms with E-state index in [0.717, 1.165) is 6.92 Å². The Morgan fingerprint density at radius 2 is 1.04 bits per heavy atom. The first-order valence-electron chi connectivity index (χ1n) is 16.2. The summed E-state index contributed by atoms with van der Waals surface area (Å²) in [6.45, 7) is 2.04. The van der Waals surface area contributed by atoms with Gasteiger partial charge in [-0.3, -0.25) is 19.2 Å². The summed E-state index contributed by atoms with van der Waals surface area (Å²) in [5.74, 6) is -4.03. The second kappa shape index (κ2) is 19.6. The van der Waals surface area contributed by atoms with Gasteiger partial charge in [0, 0.05) is 20.3 Å². The third-order valence-electron chi connectivity index (χ3n) is 7.22. The van der Waals surface area contributed by atoms with Crippen molar-refractivity contribution in [2.75, 3.05) is 0 Å². The highest BCUT2D eigenvalue weighted by Crippen LogP contribution is 2.29. The lowest BCUT2D eigenvalue weighted by molar-refractivity contribution is -0.150. The molecular formula is C39H38N2O11. The molecule has 4 aromatic rings. The van der Waals surface area contributed by atoms with Crippen molar-refractivity contribution in [1.29, 1.82) is 0 Å². The predicted molar refractivity (Wildman–Crippen MR) is 185 cm³/mol. The molecule has 2 atom stereocenters. The van der Waals surface area contributed by atoms with E-state index in [9.17, 15) is 28.8 Å². The van der Waals surface area contributed by atoms with Gasteiger partial charge in [-0.2, -0.15) is 0 Å². The molecule has 0 spiro atoms. The smallest absolute Gasteiger partial charge is 0.408 e. The van der Waals surface area contributed by atoms with Gasteiger partial charge in [0.25, 0.3) is 0 Å². The molecule has 270 valence electrons. The molecule has 0 aliphatic carbocycles. The summed E-state index contributed by atoms with van der Waals surface area (Å²) in [6, 6.07) is 27.9. The van der Waals surface area contributed by atoms with E-state index in [4.69, 9.17) is 23.7 Å². The number of alkyl carbamates (subject to hydrolysis) is 1. The molecule has 2 amide bonds. The Bertz CT molecular complexity index is 1780. The molecule has 52 heavy (non-hydrogen) atoms. The van der Waals surface area contributed by atoms with E-state index in [1.165, 1.54) is 25.1 Å². The van der Waals surface area contributed by atoms with Crippen LogP contribution in [0.4, 0.5) is 4.79 Å². The maximum absolute atomic E-state index is 13.8. The zero-order valence-corrected chi connectivity index (χ0v) is 28.6. The summed E-state index contributed by atoms with van der Waals surface area (Å²) in [6.07, 6.45) is -1.79. The monoisotopic (exact) mass is 710 g/mol. The van der Waals surface area contributed by atoms with Crippen LogP contribution in [0.2, 0.25) is 0 Å². The molecule has 0 fully saturated rings. The van der Waals surface area contributed by atoms with Crippen LogP contribution in [0.3, 0.4) is 0 Å². The first-order chi connectivity index (χ1) is 25.0. The van der Waals surface area contributed by atoms with Crippen LogP contribution in [0.25, 0.3) is 0 Å². The van der Waals surface area contributed by atoms with Gasteiger partial charge in [-0.05, 0) is 34.4 Å². The number of esters is 4. The summed E-state index contributed by atoms with van der Waals surface area (Å²) < 4.78 is 26.5. The molecule has 0 bridgehead atoms. The second-order valence-electron chi connectivity index (χ2n) is 11.4. The van der Waals surface area contributed by atoms with Gasteiger partial charge < -0.3 is 34.3 Å². The predicted octanol–water partition coefficient (Wildman–Crippen LogP) is 4.74. The van der Waals surface area contributed by atoms with Crippen LogP contribution in [0.15, 0.2) is 109 Å².